The van der Waals surface area contributed by atoms with Crippen molar-refractivity contribution in [3.8, 4) is 17.2 Å². The molecule has 1 aliphatic rings. The molecule has 0 unspecified atom stereocenters. The second kappa shape index (κ2) is 6.19. The Balaban J connectivity index is 1.90. The van der Waals surface area contributed by atoms with E-state index in [1.165, 1.54) is 11.7 Å². The summed E-state index contributed by atoms with van der Waals surface area (Å²) in [6, 6.07) is 5.30. The fourth-order valence-electron chi connectivity index (χ4n) is 2.39. The van der Waals surface area contributed by atoms with Gasteiger partial charge in [0.2, 0.25) is 0 Å². The molecule has 0 saturated carbocycles. The van der Waals surface area contributed by atoms with Crippen molar-refractivity contribution in [1.82, 2.24) is 19.9 Å². The zero-order valence-electron chi connectivity index (χ0n) is 13.2. The Morgan fingerprint density at radius 3 is 2.71 bits per heavy atom. The second-order valence-corrected chi connectivity index (χ2v) is 5.32. The first-order chi connectivity index (χ1) is 11.5. The summed E-state index contributed by atoms with van der Waals surface area (Å²) in [5.41, 5.74) is 1.28. The summed E-state index contributed by atoms with van der Waals surface area (Å²) < 4.78 is 12.5. The number of ether oxygens (including phenoxy) is 2. The van der Waals surface area contributed by atoms with Crippen LogP contribution in [0.25, 0.3) is 5.69 Å². The maximum absolute atomic E-state index is 12.3. The van der Waals surface area contributed by atoms with Gasteiger partial charge in [0, 0.05) is 13.1 Å². The summed E-state index contributed by atoms with van der Waals surface area (Å²) in [4.78, 5) is 24.1. The van der Waals surface area contributed by atoms with Crippen molar-refractivity contribution in [3.05, 3.63) is 29.6 Å². The van der Waals surface area contributed by atoms with Gasteiger partial charge in [0.25, 0.3) is 5.91 Å². The van der Waals surface area contributed by atoms with Crippen LogP contribution in [0.15, 0.2) is 18.2 Å². The standard InChI is InChI=1S/C15H16N4O5/c1-9-14(15(22)18(2)8-13(20)21)16-17-19(9)10-3-4-11-12(7-10)24-6-5-23-11/h3-4,7H,5-6,8H2,1-2H3,(H,20,21). The Kier molecular flexibility index (Phi) is 4.07. The summed E-state index contributed by atoms with van der Waals surface area (Å²) >= 11 is 0. The molecule has 1 aromatic heterocycles. The monoisotopic (exact) mass is 332 g/mol. The van der Waals surface area contributed by atoms with E-state index in [-0.39, 0.29) is 5.69 Å². The van der Waals surface area contributed by atoms with Crippen LogP contribution in [-0.2, 0) is 4.79 Å². The first-order valence-corrected chi connectivity index (χ1v) is 7.27. The smallest absolute Gasteiger partial charge is 0.323 e. The van der Waals surface area contributed by atoms with Crippen molar-refractivity contribution in [3.63, 3.8) is 0 Å². The Bertz CT molecular complexity index is 801. The number of fused-ring (bicyclic) bond motifs is 1. The predicted octanol–water partition coefficient (Wildman–Crippen LogP) is 0.504. The summed E-state index contributed by atoms with van der Waals surface area (Å²) in [6.07, 6.45) is 0. The lowest BCUT2D eigenvalue weighted by atomic mass is 10.2. The molecule has 0 bridgehead atoms. The molecular formula is C15H16N4O5. The van der Waals surface area contributed by atoms with Crippen molar-refractivity contribution in [2.45, 2.75) is 6.92 Å². The van der Waals surface area contributed by atoms with Gasteiger partial charge < -0.3 is 19.5 Å². The van der Waals surface area contributed by atoms with E-state index in [9.17, 15) is 9.59 Å². The number of carboxylic acid groups (broad SMARTS) is 1. The SMILES string of the molecule is Cc1c(C(=O)N(C)CC(=O)O)nnn1-c1ccc2c(c1)OCCO2. The van der Waals surface area contributed by atoms with Gasteiger partial charge in [-0.05, 0) is 19.1 Å². The third-order valence-corrected chi connectivity index (χ3v) is 3.59. The number of aromatic nitrogens is 3. The highest BCUT2D eigenvalue weighted by molar-refractivity contribution is 5.94. The number of aliphatic carboxylic acids is 1. The lowest BCUT2D eigenvalue weighted by Crippen LogP contribution is -2.32. The zero-order valence-corrected chi connectivity index (χ0v) is 13.2. The molecule has 2 heterocycles. The molecule has 2 aromatic rings. The molecule has 9 nitrogen and oxygen atoms in total. The largest absolute Gasteiger partial charge is 0.486 e. The fourth-order valence-corrected chi connectivity index (χ4v) is 2.39. The van der Waals surface area contributed by atoms with Gasteiger partial charge in [-0.1, -0.05) is 5.21 Å². The Hall–Kier alpha value is -3.10. The number of hydrogen-bond acceptors (Lipinski definition) is 6. The number of carbonyl (C=O) groups is 2. The highest BCUT2D eigenvalue weighted by Crippen LogP contribution is 2.32. The van der Waals surface area contributed by atoms with E-state index in [1.807, 2.05) is 0 Å². The lowest BCUT2D eigenvalue weighted by Gasteiger charge is -2.19. The minimum absolute atomic E-state index is 0.105. The number of likely N-dealkylation sites (N-methyl/N-ethyl adjacent to an activating group) is 1. The molecule has 1 aromatic carbocycles. The molecule has 1 aliphatic heterocycles. The van der Waals surface area contributed by atoms with Gasteiger partial charge in [-0.15, -0.1) is 5.10 Å². The molecule has 1 amide bonds. The highest BCUT2D eigenvalue weighted by atomic mass is 16.6. The van der Waals surface area contributed by atoms with Crippen LogP contribution in [0.4, 0.5) is 0 Å². The Morgan fingerprint density at radius 1 is 1.29 bits per heavy atom. The molecule has 126 valence electrons. The number of hydrogen-bond donors (Lipinski definition) is 1. The third kappa shape index (κ3) is 2.87. The van der Waals surface area contributed by atoms with Gasteiger partial charge in [0.05, 0.1) is 11.4 Å². The van der Waals surface area contributed by atoms with E-state index >= 15 is 0 Å². The van der Waals surface area contributed by atoms with E-state index in [4.69, 9.17) is 14.6 Å². The minimum Gasteiger partial charge on any atom is -0.486 e. The first-order valence-electron chi connectivity index (χ1n) is 7.27. The summed E-state index contributed by atoms with van der Waals surface area (Å²) in [7, 11) is 1.40. The van der Waals surface area contributed by atoms with Crippen molar-refractivity contribution >= 4 is 11.9 Å². The maximum Gasteiger partial charge on any atom is 0.323 e. The summed E-state index contributed by atoms with van der Waals surface area (Å²) in [5.74, 6) is -0.341. The average Bonchev–Trinajstić information content (AvgIpc) is 2.94. The van der Waals surface area contributed by atoms with Crippen LogP contribution in [0.1, 0.15) is 16.2 Å². The molecule has 1 N–H and O–H groups in total. The number of nitrogens with zero attached hydrogens (tertiary/aromatic N) is 4. The minimum atomic E-state index is -1.09. The van der Waals surface area contributed by atoms with Crippen molar-refractivity contribution in [2.75, 3.05) is 26.8 Å². The number of carboxylic acids is 1. The van der Waals surface area contributed by atoms with Crippen molar-refractivity contribution in [2.24, 2.45) is 0 Å². The van der Waals surface area contributed by atoms with Gasteiger partial charge in [-0.25, -0.2) is 4.68 Å². The number of carbonyl (C=O) groups excluding carboxylic acids is 1. The molecule has 0 aliphatic carbocycles. The van der Waals surface area contributed by atoms with E-state index in [0.29, 0.717) is 36.1 Å². The molecule has 0 radical (unpaired) electrons. The second-order valence-electron chi connectivity index (χ2n) is 5.32. The quantitative estimate of drug-likeness (QED) is 0.869. The molecule has 0 fully saturated rings. The van der Waals surface area contributed by atoms with Crippen LogP contribution in [0.2, 0.25) is 0 Å². The van der Waals surface area contributed by atoms with Gasteiger partial charge in [-0.3, -0.25) is 9.59 Å². The van der Waals surface area contributed by atoms with Crippen LogP contribution < -0.4 is 9.47 Å². The molecular weight excluding hydrogens is 316 g/mol. The van der Waals surface area contributed by atoms with Crippen LogP contribution >= 0.6 is 0 Å². The molecule has 0 spiro atoms. The van der Waals surface area contributed by atoms with Crippen LogP contribution in [0.3, 0.4) is 0 Å². The van der Waals surface area contributed by atoms with E-state index in [0.717, 1.165) is 4.90 Å². The van der Waals surface area contributed by atoms with Crippen molar-refractivity contribution < 1.29 is 24.2 Å². The predicted molar refractivity (Wildman–Crippen MR) is 81.7 cm³/mol. The van der Waals surface area contributed by atoms with Gasteiger partial charge >= 0.3 is 5.97 Å². The number of benzene rings is 1. The molecule has 9 heteroatoms. The zero-order chi connectivity index (χ0) is 17.3. The van der Waals surface area contributed by atoms with E-state index < -0.39 is 18.4 Å². The van der Waals surface area contributed by atoms with Crippen LogP contribution in [-0.4, -0.2) is 63.7 Å². The molecule has 0 saturated heterocycles. The topological polar surface area (TPSA) is 107 Å². The highest BCUT2D eigenvalue weighted by Gasteiger charge is 2.22. The van der Waals surface area contributed by atoms with Crippen molar-refractivity contribution in [1.29, 1.82) is 0 Å². The third-order valence-electron chi connectivity index (χ3n) is 3.59. The van der Waals surface area contributed by atoms with Gasteiger partial charge in [-0.2, -0.15) is 0 Å². The first kappa shape index (κ1) is 15.8. The number of rotatable bonds is 4. The average molecular weight is 332 g/mol. The van der Waals surface area contributed by atoms with Crippen LogP contribution in [0, 0.1) is 6.92 Å². The Labute approximate surface area is 137 Å². The van der Waals surface area contributed by atoms with Gasteiger partial charge in [0.1, 0.15) is 19.8 Å². The molecule has 24 heavy (non-hydrogen) atoms. The van der Waals surface area contributed by atoms with Gasteiger partial charge in [0.15, 0.2) is 17.2 Å². The normalized spacial score (nSPS) is 12.8. The molecule has 3 rings (SSSR count). The van der Waals surface area contributed by atoms with E-state index in [1.54, 1.807) is 25.1 Å². The summed E-state index contributed by atoms with van der Waals surface area (Å²) in [6.45, 7) is 2.26. The molecule has 0 atom stereocenters. The fraction of sp³-hybridized carbons (Fsp3) is 0.333. The Morgan fingerprint density at radius 2 is 2.00 bits per heavy atom. The van der Waals surface area contributed by atoms with Crippen LogP contribution in [0.5, 0.6) is 11.5 Å². The summed E-state index contributed by atoms with van der Waals surface area (Å²) in [5, 5.41) is 16.7. The number of amides is 1. The maximum atomic E-state index is 12.3. The lowest BCUT2D eigenvalue weighted by molar-refractivity contribution is -0.137. The van der Waals surface area contributed by atoms with E-state index in [2.05, 4.69) is 10.3 Å².